The van der Waals surface area contributed by atoms with Gasteiger partial charge in [-0.3, -0.25) is 0 Å². The highest BCUT2D eigenvalue weighted by Crippen LogP contribution is 2.39. The molecule has 0 radical (unpaired) electrons. The van der Waals surface area contributed by atoms with E-state index in [0.29, 0.717) is 0 Å². The molecule has 12 heteroatoms. The Bertz CT molecular complexity index is 858. The molecule has 0 atom stereocenters. The number of pyridine rings is 1. The van der Waals surface area contributed by atoms with Gasteiger partial charge in [0.1, 0.15) is 5.69 Å². The molecule has 1 aromatic heterocycles. The van der Waals surface area contributed by atoms with Crippen LogP contribution in [-0.4, -0.2) is 16.9 Å². The van der Waals surface area contributed by atoms with Crippen molar-refractivity contribution in [2.45, 2.75) is 6.18 Å². The lowest BCUT2D eigenvalue weighted by Crippen LogP contribution is -2.26. The summed E-state index contributed by atoms with van der Waals surface area (Å²) in [6.45, 7) is 0. The maximum absolute atomic E-state index is 12.7. The Morgan fingerprint density at radius 2 is 1.69 bits per heavy atom. The van der Waals surface area contributed by atoms with Crippen molar-refractivity contribution in [1.29, 1.82) is 0 Å². The van der Waals surface area contributed by atoms with Crippen molar-refractivity contribution in [3.8, 4) is 11.6 Å². The number of aliphatic imine (C=N–C) groups is 2. The highest BCUT2D eigenvalue weighted by atomic mass is 35.5. The predicted molar refractivity (Wildman–Crippen MR) is 92.9 cm³/mol. The molecule has 0 fully saturated rings. The number of nitrogens with two attached hydrogens (primary N) is 3. The van der Waals surface area contributed by atoms with E-state index in [-0.39, 0.29) is 39.3 Å². The van der Waals surface area contributed by atoms with Crippen LogP contribution in [0.4, 0.5) is 18.9 Å². The fourth-order valence-electron chi connectivity index (χ4n) is 1.73. The van der Waals surface area contributed by atoms with E-state index < -0.39 is 11.9 Å². The summed E-state index contributed by atoms with van der Waals surface area (Å²) < 4.78 is 43.4. The van der Waals surface area contributed by atoms with Crippen LogP contribution in [0.1, 0.15) is 5.69 Å². The van der Waals surface area contributed by atoms with Gasteiger partial charge in [-0.05, 0) is 18.2 Å². The molecular formula is C14H11Cl2F3N6O. The first-order valence-corrected chi connectivity index (χ1v) is 7.47. The molecule has 0 saturated carbocycles. The first kappa shape index (κ1) is 19.6. The quantitative estimate of drug-likeness (QED) is 0.531. The number of alkyl halides is 3. The zero-order valence-corrected chi connectivity index (χ0v) is 14.3. The minimum Gasteiger partial charge on any atom is -0.436 e. The number of hydrogen-bond acceptors (Lipinski definition) is 3. The van der Waals surface area contributed by atoms with Gasteiger partial charge in [0, 0.05) is 6.07 Å². The molecule has 0 unspecified atom stereocenters. The second-order valence-corrected chi connectivity index (χ2v) is 5.52. The molecule has 26 heavy (non-hydrogen) atoms. The molecule has 0 aliphatic carbocycles. The van der Waals surface area contributed by atoms with Gasteiger partial charge in [0.15, 0.2) is 11.7 Å². The van der Waals surface area contributed by atoms with E-state index in [1.54, 1.807) is 0 Å². The van der Waals surface area contributed by atoms with Crippen molar-refractivity contribution >= 4 is 40.8 Å². The summed E-state index contributed by atoms with van der Waals surface area (Å²) in [5.41, 5.74) is 14.9. The Labute approximate surface area is 155 Å². The number of aromatic nitrogens is 1. The number of benzene rings is 1. The van der Waals surface area contributed by atoms with Crippen molar-refractivity contribution in [2.75, 3.05) is 0 Å². The van der Waals surface area contributed by atoms with Crippen molar-refractivity contribution in [3.05, 3.63) is 46.1 Å². The van der Waals surface area contributed by atoms with Crippen LogP contribution < -0.4 is 21.9 Å². The van der Waals surface area contributed by atoms with Gasteiger partial charge in [-0.15, -0.1) is 0 Å². The average Bonchev–Trinajstić information content (AvgIpc) is 2.49. The van der Waals surface area contributed by atoms with Crippen LogP contribution in [0.5, 0.6) is 11.6 Å². The minimum absolute atomic E-state index is 0.0343. The van der Waals surface area contributed by atoms with Gasteiger partial charge in [-0.2, -0.15) is 18.2 Å². The first-order chi connectivity index (χ1) is 12.1. The maximum Gasteiger partial charge on any atom is 0.433 e. The third-order valence-corrected chi connectivity index (χ3v) is 3.25. The van der Waals surface area contributed by atoms with Gasteiger partial charge >= 0.3 is 6.18 Å². The summed E-state index contributed by atoms with van der Waals surface area (Å²) in [6, 6.07) is 5.80. The second-order valence-electron chi connectivity index (χ2n) is 4.71. The molecule has 2 rings (SSSR count). The molecule has 6 N–H and O–H groups in total. The minimum atomic E-state index is -4.62. The Kier molecular flexibility index (Phi) is 5.78. The SMILES string of the molecule is NC(N)=NC(N)=Nc1cc(Cl)c(Oc2cccc(C(F)(F)F)n2)c(Cl)c1. The Balaban J connectivity index is 2.34. The molecular weight excluding hydrogens is 396 g/mol. The van der Waals surface area contributed by atoms with Gasteiger partial charge in [0.25, 0.3) is 0 Å². The summed E-state index contributed by atoms with van der Waals surface area (Å²) >= 11 is 12.1. The van der Waals surface area contributed by atoms with E-state index in [9.17, 15) is 13.2 Å². The van der Waals surface area contributed by atoms with Gasteiger partial charge in [0.05, 0.1) is 15.7 Å². The lowest BCUT2D eigenvalue weighted by Gasteiger charge is -2.11. The van der Waals surface area contributed by atoms with Gasteiger partial charge in [-0.1, -0.05) is 29.3 Å². The molecule has 0 amide bonds. The molecule has 7 nitrogen and oxygen atoms in total. The largest absolute Gasteiger partial charge is 0.436 e. The van der Waals surface area contributed by atoms with E-state index >= 15 is 0 Å². The first-order valence-electron chi connectivity index (χ1n) is 6.71. The van der Waals surface area contributed by atoms with E-state index in [2.05, 4.69) is 15.0 Å². The van der Waals surface area contributed by atoms with Crippen LogP contribution >= 0.6 is 23.2 Å². The summed E-state index contributed by atoms with van der Waals surface area (Å²) in [7, 11) is 0. The van der Waals surface area contributed by atoms with Gasteiger partial charge in [0.2, 0.25) is 11.8 Å². The third-order valence-electron chi connectivity index (χ3n) is 2.69. The summed E-state index contributed by atoms with van der Waals surface area (Å²) in [5.74, 6) is -0.969. The number of nitrogens with zero attached hydrogens (tertiary/aromatic N) is 3. The predicted octanol–water partition coefficient (Wildman–Crippen LogP) is 3.42. The highest BCUT2D eigenvalue weighted by molar-refractivity contribution is 6.37. The summed E-state index contributed by atoms with van der Waals surface area (Å²) in [5, 5.41) is -0.0686. The van der Waals surface area contributed by atoms with Crippen molar-refractivity contribution in [3.63, 3.8) is 0 Å². The van der Waals surface area contributed by atoms with Crippen LogP contribution in [0, 0.1) is 0 Å². The Morgan fingerprint density at radius 1 is 1.08 bits per heavy atom. The third kappa shape index (κ3) is 5.14. The Morgan fingerprint density at radius 3 is 2.23 bits per heavy atom. The smallest absolute Gasteiger partial charge is 0.433 e. The number of guanidine groups is 2. The van der Waals surface area contributed by atoms with Crippen molar-refractivity contribution < 1.29 is 17.9 Å². The molecule has 138 valence electrons. The number of rotatable bonds is 3. The van der Waals surface area contributed by atoms with Gasteiger partial charge in [-0.25, -0.2) is 9.98 Å². The molecule has 1 aromatic carbocycles. The van der Waals surface area contributed by atoms with Crippen LogP contribution in [0.15, 0.2) is 40.3 Å². The van der Waals surface area contributed by atoms with Crippen LogP contribution in [0.25, 0.3) is 0 Å². The number of halogens is 5. The van der Waals surface area contributed by atoms with Crippen LogP contribution in [0.2, 0.25) is 10.0 Å². The van der Waals surface area contributed by atoms with Gasteiger partial charge < -0.3 is 21.9 Å². The second kappa shape index (κ2) is 7.67. The fourth-order valence-corrected chi connectivity index (χ4v) is 2.28. The van der Waals surface area contributed by atoms with E-state index in [1.165, 1.54) is 18.2 Å². The monoisotopic (exact) mass is 406 g/mol. The molecule has 1 heterocycles. The van der Waals surface area contributed by atoms with Crippen molar-refractivity contribution in [2.24, 2.45) is 27.2 Å². The lowest BCUT2D eigenvalue weighted by atomic mass is 10.3. The van der Waals surface area contributed by atoms with Crippen LogP contribution in [-0.2, 0) is 6.18 Å². The highest BCUT2D eigenvalue weighted by Gasteiger charge is 2.32. The molecule has 0 bridgehead atoms. The Hall–Kier alpha value is -2.72. The molecule has 0 saturated heterocycles. The zero-order chi connectivity index (χ0) is 19.5. The zero-order valence-electron chi connectivity index (χ0n) is 12.8. The molecule has 2 aromatic rings. The van der Waals surface area contributed by atoms with Crippen molar-refractivity contribution in [1.82, 2.24) is 4.98 Å². The molecule has 0 spiro atoms. The van der Waals surface area contributed by atoms with Crippen LogP contribution in [0.3, 0.4) is 0 Å². The molecule has 0 aliphatic heterocycles. The van der Waals surface area contributed by atoms with E-state index in [0.717, 1.165) is 12.1 Å². The normalized spacial score (nSPS) is 12.0. The van der Waals surface area contributed by atoms with E-state index in [1.807, 2.05) is 0 Å². The maximum atomic E-state index is 12.7. The average molecular weight is 407 g/mol. The summed E-state index contributed by atoms with van der Waals surface area (Å²) in [6.07, 6.45) is -4.62. The standard InChI is InChI=1S/C14H11Cl2F3N6O/c15-7-4-6(23-13(22)25-12(20)21)5-8(16)11(7)26-10-3-1-2-9(24-10)14(17,18)19/h1-5H,(H6,20,21,22,23,25). The molecule has 0 aliphatic rings. The van der Waals surface area contributed by atoms with E-state index in [4.69, 9.17) is 45.1 Å². The fraction of sp³-hybridized carbons (Fsp3) is 0.0714. The topological polar surface area (TPSA) is 125 Å². The number of hydrogen-bond donors (Lipinski definition) is 3. The lowest BCUT2D eigenvalue weighted by molar-refractivity contribution is -0.141. The number of ether oxygens (including phenoxy) is 1. The summed E-state index contributed by atoms with van der Waals surface area (Å²) in [4.78, 5) is 10.8.